The molecule has 0 rings (SSSR count). The predicted molar refractivity (Wildman–Crippen MR) is 31.6 cm³/mol. The Morgan fingerprint density at radius 1 is 1.89 bits per heavy atom. The van der Waals surface area contributed by atoms with Crippen LogP contribution >= 0.6 is 0 Å². The van der Waals surface area contributed by atoms with Gasteiger partial charge in [0, 0.05) is 5.57 Å². The van der Waals surface area contributed by atoms with Crippen molar-refractivity contribution in [1.82, 2.24) is 0 Å². The van der Waals surface area contributed by atoms with Crippen LogP contribution in [0.1, 0.15) is 13.3 Å². The number of nitrogens with zero attached hydrogens (tertiary/aromatic N) is 1. The zero-order chi connectivity index (χ0) is 7.28. The summed E-state index contributed by atoms with van der Waals surface area (Å²) < 4.78 is 0. The summed E-state index contributed by atoms with van der Waals surface area (Å²) in [5.74, 6) is -0.967. The van der Waals surface area contributed by atoms with Gasteiger partial charge in [0.15, 0.2) is 0 Å². The van der Waals surface area contributed by atoms with Crippen molar-refractivity contribution in [2.24, 2.45) is 0 Å². The fourth-order valence-corrected chi connectivity index (χ4v) is 0.286. The molecule has 0 aromatic heterocycles. The molecule has 0 saturated heterocycles. The molecule has 0 heterocycles. The lowest BCUT2D eigenvalue weighted by atomic mass is 10.2. The SMILES string of the molecule is CC(=CCC#N)C(=O)O. The van der Waals surface area contributed by atoms with Crippen molar-refractivity contribution in [2.75, 3.05) is 0 Å². The molecule has 48 valence electrons. The molecule has 0 fully saturated rings. The summed E-state index contributed by atoms with van der Waals surface area (Å²) in [6.07, 6.45) is 1.54. The average molecular weight is 125 g/mol. The van der Waals surface area contributed by atoms with Gasteiger partial charge in [0.05, 0.1) is 12.5 Å². The van der Waals surface area contributed by atoms with Crippen LogP contribution in [-0.4, -0.2) is 11.1 Å². The topological polar surface area (TPSA) is 61.1 Å². The largest absolute Gasteiger partial charge is 0.478 e. The highest BCUT2D eigenvalue weighted by molar-refractivity contribution is 5.85. The fourth-order valence-electron chi connectivity index (χ4n) is 0.286. The summed E-state index contributed by atoms with van der Waals surface area (Å²) >= 11 is 0. The molecule has 1 N–H and O–H groups in total. The average Bonchev–Trinajstić information content (AvgIpc) is 1.82. The highest BCUT2D eigenvalue weighted by Gasteiger charge is 1.96. The minimum atomic E-state index is -0.967. The van der Waals surface area contributed by atoms with E-state index >= 15 is 0 Å². The zero-order valence-corrected chi connectivity index (χ0v) is 5.09. The molecular formula is C6H7NO2. The number of aliphatic carboxylic acids is 1. The van der Waals surface area contributed by atoms with Crippen LogP contribution in [0.25, 0.3) is 0 Å². The standard InChI is InChI=1S/C6H7NO2/c1-5(6(8)9)3-2-4-7/h3H,2H2,1H3,(H,8,9). The van der Waals surface area contributed by atoms with Crippen LogP contribution in [-0.2, 0) is 4.79 Å². The Morgan fingerprint density at radius 2 is 2.44 bits per heavy atom. The van der Waals surface area contributed by atoms with Crippen molar-refractivity contribution < 1.29 is 9.90 Å². The quantitative estimate of drug-likeness (QED) is 0.558. The normalized spacial score (nSPS) is 10.4. The summed E-state index contributed by atoms with van der Waals surface area (Å²) in [5, 5.41) is 16.2. The first-order valence-electron chi connectivity index (χ1n) is 2.45. The highest BCUT2D eigenvalue weighted by atomic mass is 16.4. The van der Waals surface area contributed by atoms with E-state index < -0.39 is 5.97 Å². The van der Waals surface area contributed by atoms with Crippen molar-refractivity contribution in [1.29, 1.82) is 5.26 Å². The van der Waals surface area contributed by atoms with Crippen LogP contribution in [0, 0.1) is 11.3 Å². The van der Waals surface area contributed by atoms with E-state index in [0.717, 1.165) is 0 Å². The molecule has 3 nitrogen and oxygen atoms in total. The molecule has 0 radical (unpaired) electrons. The van der Waals surface area contributed by atoms with Crippen molar-refractivity contribution >= 4 is 5.97 Å². The molecule has 9 heavy (non-hydrogen) atoms. The number of allylic oxidation sites excluding steroid dienone is 1. The van der Waals surface area contributed by atoms with Crippen molar-refractivity contribution in [3.63, 3.8) is 0 Å². The number of carboxylic acids is 1. The molecule has 0 spiro atoms. The third-order valence-electron chi connectivity index (χ3n) is 0.837. The van der Waals surface area contributed by atoms with Crippen LogP contribution in [0.15, 0.2) is 11.6 Å². The number of carbonyl (C=O) groups is 1. The van der Waals surface area contributed by atoms with E-state index in [9.17, 15) is 4.79 Å². The van der Waals surface area contributed by atoms with Crippen molar-refractivity contribution in [3.05, 3.63) is 11.6 Å². The lowest BCUT2D eigenvalue weighted by Gasteiger charge is -1.86. The Kier molecular flexibility index (Phi) is 3.14. The second-order valence-electron chi connectivity index (χ2n) is 1.55. The maximum atomic E-state index is 10.0. The lowest BCUT2D eigenvalue weighted by Crippen LogP contribution is -1.94. The second-order valence-corrected chi connectivity index (χ2v) is 1.55. The maximum absolute atomic E-state index is 10.0. The van der Waals surface area contributed by atoms with Gasteiger partial charge in [-0.2, -0.15) is 5.26 Å². The van der Waals surface area contributed by atoms with E-state index in [2.05, 4.69) is 0 Å². The number of rotatable bonds is 2. The molecule has 0 unspecified atom stereocenters. The predicted octanol–water partition coefficient (Wildman–Crippen LogP) is 0.931. The van der Waals surface area contributed by atoms with Gasteiger partial charge in [0.1, 0.15) is 0 Å². The molecular weight excluding hydrogens is 118 g/mol. The van der Waals surface area contributed by atoms with E-state index in [1.807, 2.05) is 6.07 Å². The first-order chi connectivity index (χ1) is 4.18. The maximum Gasteiger partial charge on any atom is 0.330 e. The molecule has 0 bridgehead atoms. The Morgan fingerprint density at radius 3 is 2.78 bits per heavy atom. The monoisotopic (exact) mass is 125 g/mol. The molecule has 0 saturated carbocycles. The van der Waals surface area contributed by atoms with Crippen LogP contribution in [0.3, 0.4) is 0 Å². The Bertz CT molecular complexity index is 176. The third-order valence-corrected chi connectivity index (χ3v) is 0.837. The van der Waals surface area contributed by atoms with E-state index in [-0.39, 0.29) is 12.0 Å². The highest BCUT2D eigenvalue weighted by Crippen LogP contribution is 1.92. The molecule has 0 amide bonds. The van der Waals surface area contributed by atoms with Gasteiger partial charge in [-0.3, -0.25) is 0 Å². The summed E-state index contributed by atoms with van der Waals surface area (Å²) in [5.41, 5.74) is 0.219. The second kappa shape index (κ2) is 3.67. The van der Waals surface area contributed by atoms with Gasteiger partial charge in [0.2, 0.25) is 0 Å². The van der Waals surface area contributed by atoms with Gasteiger partial charge < -0.3 is 5.11 Å². The van der Waals surface area contributed by atoms with Gasteiger partial charge in [-0.05, 0) is 6.92 Å². The number of nitriles is 1. The first-order valence-corrected chi connectivity index (χ1v) is 2.45. The van der Waals surface area contributed by atoms with E-state index in [4.69, 9.17) is 10.4 Å². The zero-order valence-electron chi connectivity index (χ0n) is 5.09. The van der Waals surface area contributed by atoms with Crippen molar-refractivity contribution in [2.45, 2.75) is 13.3 Å². The minimum Gasteiger partial charge on any atom is -0.478 e. The Balaban J connectivity index is 3.88. The lowest BCUT2D eigenvalue weighted by molar-refractivity contribution is -0.132. The summed E-state index contributed by atoms with van der Waals surface area (Å²) in [4.78, 5) is 10.0. The summed E-state index contributed by atoms with van der Waals surface area (Å²) in [7, 11) is 0. The molecule has 0 aromatic carbocycles. The van der Waals surface area contributed by atoms with Gasteiger partial charge in [-0.1, -0.05) is 6.08 Å². The van der Waals surface area contributed by atoms with Gasteiger partial charge in [0.25, 0.3) is 0 Å². The molecule has 0 aliphatic heterocycles. The van der Waals surface area contributed by atoms with Gasteiger partial charge in [-0.25, -0.2) is 4.79 Å². The minimum absolute atomic E-state index is 0.165. The number of hydrogen-bond donors (Lipinski definition) is 1. The van der Waals surface area contributed by atoms with Gasteiger partial charge >= 0.3 is 5.97 Å². The van der Waals surface area contributed by atoms with E-state index in [1.165, 1.54) is 13.0 Å². The molecule has 0 aliphatic rings. The van der Waals surface area contributed by atoms with Crippen LogP contribution in [0.4, 0.5) is 0 Å². The molecule has 3 heteroatoms. The van der Waals surface area contributed by atoms with E-state index in [0.29, 0.717) is 0 Å². The smallest absolute Gasteiger partial charge is 0.330 e. The summed E-state index contributed by atoms with van der Waals surface area (Å²) in [6, 6.07) is 1.81. The molecule has 0 aliphatic carbocycles. The molecule has 0 aromatic rings. The Labute approximate surface area is 53.2 Å². The number of hydrogen-bond acceptors (Lipinski definition) is 2. The van der Waals surface area contributed by atoms with Crippen molar-refractivity contribution in [3.8, 4) is 6.07 Å². The Hall–Kier alpha value is -1.30. The molecule has 0 atom stereocenters. The number of carboxylic acid groups (broad SMARTS) is 1. The fraction of sp³-hybridized carbons (Fsp3) is 0.333. The van der Waals surface area contributed by atoms with Crippen LogP contribution in [0.2, 0.25) is 0 Å². The first kappa shape index (κ1) is 7.70. The van der Waals surface area contributed by atoms with E-state index in [1.54, 1.807) is 0 Å². The van der Waals surface area contributed by atoms with Crippen LogP contribution < -0.4 is 0 Å². The van der Waals surface area contributed by atoms with Gasteiger partial charge in [-0.15, -0.1) is 0 Å². The third kappa shape index (κ3) is 3.30. The van der Waals surface area contributed by atoms with Crippen LogP contribution in [0.5, 0.6) is 0 Å². The summed E-state index contributed by atoms with van der Waals surface area (Å²) in [6.45, 7) is 1.46.